The fourth-order valence-corrected chi connectivity index (χ4v) is 2.58. The Balaban J connectivity index is 1.72. The Bertz CT molecular complexity index is 884. The van der Waals surface area contributed by atoms with Crippen molar-refractivity contribution < 1.29 is 18.8 Å². The molecule has 2 N–H and O–H groups in total. The summed E-state index contributed by atoms with van der Waals surface area (Å²) in [4.78, 5) is 37.7. The first-order chi connectivity index (χ1) is 11.9. The minimum Gasteiger partial charge on any atom is -0.466 e. The summed E-state index contributed by atoms with van der Waals surface area (Å²) in [7, 11) is 0. The van der Waals surface area contributed by atoms with Gasteiger partial charge in [0.05, 0.1) is 17.9 Å². The van der Waals surface area contributed by atoms with Crippen molar-refractivity contribution in [3.05, 3.63) is 54.0 Å². The van der Waals surface area contributed by atoms with Crippen LogP contribution in [0.1, 0.15) is 18.2 Å². The maximum Gasteiger partial charge on any atom is 0.325 e. The summed E-state index contributed by atoms with van der Waals surface area (Å²) in [6, 6.07) is 10.8. The van der Waals surface area contributed by atoms with Crippen LogP contribution < -0.4 is 10.6 Å². The predicted octanol–water partition coefficient (Wildman–Crippen LogP) is 1.56. The molecule has 1 aliphatic rings. The molecule has 25 heavy (non-hydrogen) atoms. The molecule has 8 nitrogen and oxygen atoms in total. The second kappa shape index (κ2) is 6.13. The van der Waals surface area contributed by atoms with E-state index < -0.39 is 29.9 Å². The van der Waals surface area contributed by atoms with Crippen molar-refractivity contribution in [1.29, 1.82) is 5.26 Å². The highest BCUT2D eigenvalue weighted by atomic mass is 16.3. The summed E-state index contributed by atoms with van der Waals surface area (Å²) < 4.78 is 5.22. The van der Waals surface area contributed by atoms with E-state index in [9.17, 15) is 14.4 Å². The first-order valence-corrected chi connectivity index (χ1v) is 7.42. The summed E-state index contributed by atoms with van der Waals surface area (Å²) in [5.74, 6) is -0.842. The van der Waals surface area contributed by atoms with Gasteiger partial charge in [0.1, 0.15) is 12.3 Å². The average molecular weight is 338 g/mol. The second-order valence-corrected chi connectivity index (χ2v) is 5.66. The SMILES string of the molecule is CC1(c2ccco2)NC(=O)N(CC(=O)Nc2cccc(C#N)c2)C1=O. The van der Waals surface area contributed by atoms with Gasteiger partial charge in [0, 0.05) is 5.69 Å². The van der Waals surface area contributed by atoms with Crippen LogP contribution in [0.25, 0.3) is 0 Å². The summed E-state index contributed by atoms with van der Waals surface area (Å²) in [5.41, 5.74) is -0.551. The molecule has 126 valence electrons. The zero-order valence-electron chi connectivity index (χ0n) is 13.3. The van der Waals surface area contributed by atoms with Crippen LogP contribution in [0.15, 0.2) is 47.1 Å². The molecule has 1 aromatic carbocycles. The van der Waals surface area contributed by atoms with Crippen LogP contribution in [0.3, 0.4) is 0 Å². The van der Waals surface area contributed by atoms with E-state index in [1.807, 2.05) is 6.07 Å². The van der Waals surface area contributed by atoms with Gasteiger partial charge in [-0.15, -0.1) is 0 Å². The van der Waals surface area contributed by atoms with Crippen LogP contribution >= 0.6 is 0 Å². The lowest BCUT2D eigenvalue weighted by molar-refractivity contribution is -0.134. The van der Waals surface area contributed by atoms with Crippen molar-refractivity contribution in [3.63, 3.8) is 0 Å². The number of carbonyl (C=O) groups excluding carboxylic acids is 3. The lowest BCUT2D eigenvalue weighted by atomic mass is 9.99. The summed E-state index contributed by atoms with van der Waals surface area (Å²) in [6.45, 7) is 1.07. The van der Waals surface area contributed by atoms with Gasteiger partial charge < -0.3 is 15.1 Å². The molecule has 1 saturated heterocycles. The molecule has 0 saturated carbocycles. The second-order valence-electron chi connectivity index (χ2n) is 5.66. The highest BCUT2D eigenvalue weighted by Crippen LogP contribution is 2.28. The van der Waals surface area contributed by atoms with Crippen LogP contribution in [-0.2, 0) is 15.1 Å². The Morgan fingerprint density at radius 1 is 1.36 bits per heavy atom. The number of rotatable bonds is 4. The van der Waals surface area contributed by atoms with Crippen molar-refractivity contribution in [2.75, 3.05) is 11.9 Å². The lowest BCUT2D eigenvalue weighted by Gasteiger charge is -2.18. The van der Waals surface area contributed by atoms with Gasteiger partial charge in [0.2, 0.25) is 5.91 Å². The molecule has 2 heterocycles. The molecular formula is C17H14N4O4. The minimum absolute atomic E-state index is 0.287. The molecule has 0 radical (unpaired) electrons. The van der Waals surface area contributed by atoms with Crippen LogP contribution in [0.4, 0.5) is 10.5 Å². The predicted molar refractivity (Wildman–Crippen MR) is 86.1 cm³/mol. The van der Waals surface area contributed by atoms with E-state index in [1.54, 1.807) is 30.3 Å². The topological polar surface area (TPSA) is 115 Å². The first kappa shape index (κ1) is 16.3. The van der Waals surface area contributed by atoms with Gasteiger partial charge in [-0.25, -0.2) is 4.79 Å². The molecule has 1 atom stereocenters. The third-order valence-corrected chi connectivity index (χ3v) is 3.87. The monoisotopic (exact) mass is 338 g/mol. The largest absolute Gasteiger partial charge is 0.466 e. The molecule has 8 heteroatoms. The van der Waals surface area contributed by atoms with Gasteiger partial charge in [-0.05, 0) is 37.3 Å². The first-order valence-electron chi connectivity index (χ1n) is 7.42. The number of hydrogen-bond donors (Lipinski definition) is 2. The third kappa shape index (κ3) is 2.95. The molecule has 2 aromatic rings. The van der Waals surface area contributed by atoms with Crippen LogP contribution in [0.2, 0.25) is 0 Å². The Morgan fingerprint density at radius 2 is 2.16 bits per heavy atom. The van der Waals surface area contributed by atoms with Gasteiger partial charge in [0.25, 0.3) is 5.91 Å². The lowest BCUT2D eigenvalue weighted by Crippen LogP contribution is -2.41. The summed E-state index contributed by atoms with van der Waals surface area (Å²) >= 11 is 0. The number of furan rings is 1. The van der Waals surface area contributed by atoms with Crippen molar-refractivity contribution in [2.45, 2.75) is 12.5 Å². The van der Waals surface area contributed by atoms with Gasteiger partial charge in [-0.1, -0.05) is 6.07 Å². The van der Waals surface area contributed by atoms with Crippen LogP contribution in [0, 0.1) is 11.3 Å². The standard InChI is InChI=1S/C17H14N4O4/c1-17(13-6-3-7-25-13)15(23)21(16(24)20-17)10-14(22)19-12-5-2-4-11(8-12)9-18/h2-8H,10H2,1H3,(H,19,22)(H,20,24). The zero-order valence-corrected chi connectivity index (χ0v) is 13.3. The number of anilines is 1. The number of imide groups is 1. The highest BCUT2D eigenvalue weighted by molar-refractivity contribution is 6.10. The number of benzene rings is 1. The molecule has 1 aromatic heterocycles. The summed E-state index contributed by atoms with van der Waals surface area (Å²) in [6.07, 6.45) is 1.40. The number of urea groups is 1. The van der Waals surface area contributed by atoms with Crippen molar-refractivity contribution in [1.82, 2.24) is 10.2 Å². The minimum atomic E-state index is -1.35. The van der Waals surface area contributed by atoms with Gasteiger partial charge in [0.15, 0.2) is 5.54 Å². The van der Waals surface area contributed by atoms with Crippen molar-refractivity contribution >= 4 is 23.5 Å². The average Bonchev–Trinajstić information content (AvgIpc) is 3.20. The maximum atomic E-state index is 12.6. The van der Waals surface area contributed by atoms with Crippen molar-refractivity contribution in [2.24, 2.45) is 0 Å². The molecule has 1 aliphatic heterocycles. The van der Waals surface area contributed by atoms with E-state index in [2.05, 4.69) is 10.6 Å². The molecule has 3 rings (SSSR count). The smallest absolute Gasteiger partial charge is 0.325 e. The molecule has 1 fully saturated rings. The van der Waals surface area contributed by atoms with E-state index in [1.165, 1.54) is 19.3 Å². The molecule has 0 spiro atoms. The third-order valence-electron chi connectivity index (χ3n) is 3.87. The number of amides is 4. The number of nitrogens with zero attached hydrogens (tertiary/aromatic N) is 2. The van der Waals surface area contributed by atoms with Gasteiger partial charge in [-0.3, -0.25) is 14.5 Å². The summed E-state index contributed by atoms with van der Waals surface area (Å²) in [5, 5.41) is 14.0. The Labute approximate surface area is 143 Å². The normalized spacial score (nSPS) is 19.4. The molecule has 1 unspecified atom stereocenters. The fourth-order valence-electron chi connectivity index (χ4n) is 2.58. The fraction of sp³-hybridized carbons (Fsp3) is 0.176. The number of carbonyl (C=O) groups is 3. The van der Waals surface area contributed by atoms with Gasteiger partial charge >= 0.3 is 6.03 Å². The van der Waals surface area contributed by atoms with E-state index in [-0.39, 0.29) is 5.76 Å². The van der Waals surface area contributed by atoms with Crippen LogP contribution in [0.5, 0.6) is 0 Å². The highest BCUT2D eigenvalue weighted by Gasteiger charge is 2.51. The van der Waals surface area contributed by atoms with Gasteiger partial charge in [-0.2, -0.15) is 5.26 Å². The maximum absolute atomic E-state index is 12.6. The number of hydrogen-bond acceptors (Lipinski definition) is 5. The van der Waals surface area contributed by atoms with E-state index in [0.29, 0.717) is 11.3 Å². The zero-order chi connectivity index (χ0) is 18.0. The van der Waals surface area contributed by atoms with Crippen molar-refractivity contribution in [3.8, 4) is 6.07 Å². The Morgan fingerprint density at radius 3 is 2.84 bits per heavy atom. The molecular weight excluding hydrogens is 324 g/mol. The molecule has 4 amide bonds. The van der Waals surface area contributed by atoms with E-state index in [4.69, 9.17) is 9.68 Å². The van der Waals surface area contributed by atoms with E-state index in [0.717, 1.165) is 4.90 Å². The Hall–Kier alpha value is -3.60. The van der Waals surface area contributed by atoms with E-state index >= 15 is 0 Å². The van der Waals surface area contributed by atoms with Crippen LogP contribution in [-0.4, -0.2) is 29.3 Å². The number of nitriles is 1. The Kier molecular flexibility index (Phi) is 3.99. The number of nitrogens with one attached hydrogen (secondary N) is 2. The quantitative estimate of drug-likeness (QED) is 0.821. The molecule has 0 bridgehead atoms. The molecule has 0 aliphatic carbocycles.